The smallest absolute Gasteiger partial charge is 0.226 e. The van der Waals surface area contributed by atoms with Crippen LogP contribution in [0.1, 0.15) is 45.2 Å². The molecular weight excluding hydrogens is 458 g/mol. The van der Waals surface area contributed by atoms with Gasteiger partial charge in [0.2, 0.25) is 5.95 Å². The van der Waals surface area contributed by atoms with Crippen LogP contribution >= 0.6 is 11.6 Å². The van der Waals surface area contributed by atoms with Crippen LogP contribution in [0.15, 0.2) is 22.7 Å². The van der Waals surface area contributed by atoms with Gasteiger partial charge in [0.1, 0.15) is 22.8 Å². The number of anilines is 2. The summed E-state index contributed by atoms with van der Waals surface area (Å²) in [6, 6.07) is 3.32. The topological polar surface area (TPSA) is 137 Å². The summed E-state index contributed by atoms with van der Waals surface area (Å²) in [5.41, 5.74) is 2.03. The van der Waals surface area contributed by atoms with Gasteiger partial charge in [-0.15, -0.1) is 0 Å². The SMILES string of the molecule is CCCCCNc1nc(Cl)c(-c2cc3cc(CC)ncc3o2)c(NC2CC(CO)C(O)C2O)n1. The second-order valence-electron chi connectivity index (χ2n) is 8.78. The zero-order valence-electron chi connectivity index (χ0n) is 19.5. The van der Waals surface area contributed by atoms with E-state index in [1.807, 2.05) is 19.1 Å². The van der Waals surface area contributed by atoms with Crippen molar-refractivity contribution in [3.63, 3.8) is 0 Å². The second-order valence-corrected chi connectivity index (χ2v) is 9.14. The summed E-state index contributed by atoms with van der Waals surface area (Å²) < 4.78 is 6.04. The fourth-order valence-electron chi connectivity index (χ4n) is 4.34. The summed E-state index contributed by atoms with van der Waals surface area (Å²) in [5.74, 6) is 0.798. The fourth-order valence-corrected chi connectivity index (χ4v) is 4.61. The van der Waals surface area contributed by atoms with Crippen LogP contribution in [0.5, 0.6) is 0 Å². The first kappa shape index (κ1) is 24.7. The molecule has 1 aliphatic rings. The lowest BCUT2D eigenvalue weighted by atomic mass is 10.1. The van der Waals surface area contributed by atoms with Crippen LogP contribution in [0.2, 0.25) is 5.15 Å². The largest absolute Gasteiger partial charge is 0.454 e. The zero-order valence-corrected chi connectivity index (χ0v) is 20.2. The Labute approximate surface area is 203 Å². The molecule has 3 heterocycles. The summed E-state index contributed by atoms with van der Waals surface area (Å²) in [4.78, 5) is 13.5. The third kappa shape index (κ3) is 5.12. The number of rotatable bonds is 10. The molecular formula is C24H32ClN5O4. The molecule has 0 aromatic carbocycles. The number of furan rings is 1. The molecule has 4 atom stereocenters. The number of halogens is 1. The van der Waals surface area contributed by atoms with Gasteiger partial charge >= 0.3 is 0 Å². The van der Waals surface area contributed by atoms with Gasteiger partial charge in [-0.2, -0.15) is 4.98 Å². The van der Waals surface area contributed by atoms with Gasteiger partial charge in [-0.3, -0.25) is 4.98 Å². The van der Waals surface area contributed by atoms with E-state index in [1.165, 1.54) is 0 Å². The average Bonchev–Trinajstić information content (AvgIpc) is 3.36. The van der Waals surface area contributed by atoms with E-state index in [4.69, 9.17) is 16.0 Å². The number of nitrogens with zero attached hydrogens (tertiary/aromatic N) is 3. The fraction of sp³-hybridized carbons (Fsp3) is 0.542. The highest BCUT2D eigenvalue weighted by Gasteiger charge is 2.41. The predicted molar refractivity (Wildman–Crippen MR) is 132 cm³/mol. The molecule has 1 fully saturated rings. The van der Waals surface area contributed by atoms with Gasteiger partial charge in [0.25, 0.3) is 0 Å². The molecule has 4 unspecified atom stereocenters. The second kappa shape index (κ2) is 10.9. The molecule has 0 spiro atoms. The molecule has 0 radical (unpaired) electrons. The van der Waals surface area contributed by atoms with Crippen molar-refractivity contribution in [2.24, 2.45) is 5.92 Å². The third-order valence-corrected chi connectivity index (χ3v) is 6.63. The Bertz CT molecular complexity index is 1120. The molecule has 5 N–H and O–H groups in total. The van der Waals surface area contributed by atoms with Crippen molar-refractivity contribution in [3.05, 3.63) is 29.2 Å². The zero-order chi connectivity index (χ0) is 24.2. The number of aliphatic hydroxyl groups is 3. The lowest BCUT2D eigenvalue weighted by Gasteiger charge is -2.21. The van der Waals surface area contributed by atoms with E-state index in [0.717, 1.165) is 36.8 Å². The Hall–Kier alpha value is -2.46. The number of fused-ring (bicyclic) bond motifs is 1. The maximum absolute atomic E-state index is 10.5. The molecule has 3 aromatic heterocycles. The summed E-state index contributed by atoms with van der Waals surface area (Å²) in [6.45, 7) is 4.66. The number of unbranched alkanes of at least 4 members (excludes halogenated alkanes) is 2. The van der Waals surface area contributed by atoms with Crippen LogP contribution in [-0.4, -0.2) is 61.7 Å². The number of nitrogens with one attached hydrogen (secondary N) is 2. The molecule has 0 bridgehead atoms. The van der Waals surface area contributed by atoms with E-state index < -0.39 is 24.2 Å². The Kier molecular flexibility index (Phi) is 7.88. The molecule has 34 heavy (non-hydrogen) atoms. The van der Waals surface area contributed by atoms with E-state index in [0.29, 0.717) is 41.6 Å². The quantitative estimate of drug-likeness (QED) is 0.213. The maximum atomic E-state index is 10.5. The minimum absolute atomic E-state index is 0.199. The van der Waals surface area contributed by atoms with Crippen molar-refractivity contribution in [1.29, 1.82) is 0 Å². The van der Waals surface area contributed by atoms with E-state index in [-0.39, 0.29) is 11.8 Å². The lowest BCUT2D eigenvalue weighted by Crippen LogP contribution is -2.35. The molecule has 1 aliphatic carbocycles. The minimum atomic E-state index is -1.06. The normalized spacial score (nSPS) is 22.4. The standard InChI is InChI=1S/C24H32ClN5O4/c1-3-5-6-7-26-24-29-22(25)19(17-10-13-8-15(4-2)27-11-18(13)34-17)23(30-24)28-16-9-14(12-31)20(32)21(16)33/h8,10-11,14,16,20-21,31-33H,3-7,9,12H2,1-2H3,(H2,26,28,29,30). The van der Waals surface area contributed by atoms with Crippen molar-refractivity contribution in [2.45, 2.75) is 64.2 Å². The first-order valence-corrected chi connectivity index (χ1v) is 12.3. The van der Waals surface area contributed by atoms with Crippen LogP contribution in [-0.2, 0) is 6.42 Å². The number of aryl methyl sites for hydroxylation is 1. The highest BCUT2D eigenvalue weighted by molar-refractivity contribution is 6.32. The van der Waals surface area contributed by atoms with Gasteiger partial charge in [0.05, 0.1) is 23.9 Å². The molecule has 4 rings (SSSR count). The molecule has 9 nitrogen and oxygen atoms in total. The van der Waals surface area contributed by atoms with Gasteiger partial charge in [-0.25, -0.2) is 4.98 Å². The maximum Gasteiger partial charge on any atom is 0.226 e. The van der Waals surface area contributed by atoms with Gasteiger partial charge in [0, 0.05) is 30.1 Å². The highest BCUT2D eigenvalue weighted by Crippen LogP contribution is 2.39. The van der Waals surface area contributed by atoms with Crippen LogP contribution in [0.3, 0.4) is 0 Å². The highest BCUT2D eigenvalue weighted by atomic mass is 35.5. The molecule has 10 heteroatoms. The van der Waals surface area contributed by atoms with Crippen molar-refractivity contribution in [2.75, 3.05) is 23.8 Å². The molecule has 184 valence electrons. The van der Waals surface area contributed by atoms with Crippen LogP contribution in [0, 0.1) is 5.92 Å². The molecule has 0 aliphatic heterocycles. The number of aliphatic hydroxyl groups excluding tert-OH is 3. The first-order chi connectivity index (χ1) is 16.4. The summed E-state index contributed by atoms with van der Waals surface area (Å²) in [5, 5.41) is 37.9. The summed E-state index contributed by atoms with van der Waals surface area (Å²) >= 11 is 6.64. The Morgan fingerprint density at radius 3 is 2.68 bits per heavy atom. The van der Waals surface area contributed by atoms with Gasteiger partial charge in [-0.05, 0) is 31.4 Å². The van der Waals surface area contributed by atoms with Crippen LogP contribution in [0.25, 0.3) is 22.3 Å². The average molecular weight is 490 g/mol. The molecule has 0 amide bonds. The van der Waals surface area contributed by atoms with Gasteiger partial charge in [0.15, 0.2) is 5.58 Å². The lowest BCUT2D eigenvalue weighted by molar-refractivity contribution is 0.00446. The van der Waals surface area contributed by atoms with E-state index in [2.05, 4.69) is 32.5 Å². The monoisotopic (exact) mass is 489 g/mol. The summed E-state index contributed by atoms with van der Waals surface area (Å²) in [7, 11) is 0. The predicted octanol–water partition coefficient (Wildman–Crippen LogP) is 3.62. The van der Waals surface area contributed by atoms with Crippen molar-refractivity contribution >= 4 is 34.3 Å². The third-order valence-electron chi connectivity index (χ3n) is 6.36. The first-order valence-electron chi connectivity index (χ1n) is 11.9. The number of pyridine rings is 1. The van der Waals surface area contributed by atoms with E-state index in [9.17, 15) is 15.3 Å². The van der Waals surface area contributed by atoms with Gasteiger partial charge < -0.3 is 30.4 Å². The van der Waals surface area contributed by atoms with Crippen LogP contribution in [0.4, 0.5) is 11.8 Å². The molecule has 1 saturated carbocycles. The number of hydrogen-bond acceptors (Lipinski definition) is 9. The Morgan fingerprint density at radius 1 is 1.15 bits per heavy atom. The van der Waals surface area contributed by atoms with E-state index >= 15 is 0 Å². The molecule has 3 aromatic rings. The van der Waals surface area contributed by atoms with Gasteiger partial charge in [-0.1, -0.05) is 38.3 Å². The van der Waals surface area contributed by atoms with Crippen molar-refractivity contribution in [1.82, 2.24) is 15.0 Å². The van der Waals surface area contributed by atoms with Crippen LogP contribution < -0.4 is 10.6 Å². The minimum Gasteiger partial charge on any atom is -0.454 e. The number of hydrogen-bond donors (Lipinski definition) is 5. The van der Waals surface area contributed by atoms with Crippen molar-refractivity contribution < 1.29 is 19.7 Å². The Morgan fingerprint density at radius 2 is 1.97 bits per heavy atom. The number of aromatic nitrogens is 3. The summed E-state index contributed by atoms with van der Waals surface area (Å²) in [6.07, 6.45) is 3.94. The van der Waals surface area contributed by atoms with Crippen molar-refractivity contribution in [3.8, 4) is 11.3 Å². The molecule has 0 saturated heterocycles. The Balaban J connectivity index is 1.71. The van der Waals surface area contributed by atoms with E-state index in [1.54, 1.807) is 6.20 Å².